The van der Waals surface area contributed by atoms with Crippen LogP contribution in [0.4, 0.5) is 5.69 Å². The summed E-state index contributed by atoms with van der Waals surface area (Å²) < 4.78 is 0. The molecule has 0 amide bonds. The van der Waals surface area contributed by atoms with Crippen molar-refractivity contribution in [1.29, 1.82) is 0 Å². The third-order valence-corrected chi connectivity index (χ3v) is 16.6. The second kappa shape index (κ2) is 12.2. The van der Waals surface area contributed by atoms with Crippen LogP contribution in [0.5, 0.6) is 0 Å². The molecule has 11 unspecified atom stereocenters. The van der Waals surface area contributed by atoms with Gasteiger partial charge in [-0.25, -0.2) is 0 Å². The molecule has 9 aliphatic rings. The summed E-state index contributed by atoms with van der Waals surface area (Å²) in [6, 6.07) is 19.8. The largest absolute Gasteiger partial charge is 0.338 e. The number of rotatable bonds is 4. The van der Waals surface area contributed by atoms with E-state index in [1.54, 1.807) is 22.3 Å². The van der Waals surface area contributed by atoms with Crippen LogP contribution >= 0.6 is 0 Å². The molecular formula is C53H57N. The van der Waals surface area contributed by atoms with Gasteiger partial charge < -0.3 is 4.90 Å². The average Bonchev–Trinajstić information content (AvgIpc) is 3.88. The number of fused-ring (bicyclic) bond motifs is 12. The highest BCUT2D eigenvalue weighted by Crippen LogP contribution is 2.71. The maximum absolute atomic E-state index is 2.85. The molecule has 1 nitrogen and oxygen atoms in total. The van der Waals surface area contributed by atoms with E-state index in [0.29, 0.717) is 53.4 Å². The molecule has 1 fully saturated rings. The molecule has 0 saturated heterocycles. The summed E-state index contributed by atoms with van der Waals surface area (Å²) in [5, 5.41) is 0. The molecule has 1 spiro atoms. The number of allylic oxidation sites excluding steroid dienone is 15. The Bertz CT molecular complexity index is 2170. The molecule has 9 aliphatic carbocycles. The SMILES string of the molecule is CC1=CC=CC2C1c1ccccc1C21C2C=C(N(c3ccc(C4=CC=CCC4)cc3)C3CC4=C(C3C)C(C)(C)C3CCC=CC43)C=CC2C2CCC=CC21. The van der Waals surface area contributed by atoms with Crippen LogP contribution in [0.3, 0.4) is 0 Å². The van der Waals surface area contributed by atoms with Crippen LogP contribution in [0.25, 0.3) is 5.57 Å². The zero-order chi connectivity index (χ0) is 36.3. The van der Waals surface area contributed by atoms with E-state index >= 15 is 0 Å². The smallest absolute Gasteiger partial charge is 0.0442 e. The quantitative estimate of drug-likeness (QED) is 0.286. The summed E-state index contributed by atoms with van der Waals surface area (Å²) in [5.74, 6) is 5.04. The lowest BCUT2D eigenvalue weighted by Gasteiger charge is -2.46. The van der Waals surface area contributed by atoms with Gasteiger partial charge in [-0.3, -0.25) is 0 Å². The first-order valence-electron chi connectivity index (χ1n) is 21.6. The monoisotopic (exact) mass is 707 g/mol. The lowest BCUT2D eigenvalue weighted by atomic mass is 9.58. The molecule has 1 heteroatoms. The van der Waals surface area contributed by atoms with Crippen molar-refractivity contribution >= 4 is 11.3 Å². The predicted molar refractivity (Wildman–Crippen MR) is 226 cm³/mol. The van der Waals surface area contributed by atoms with Gasteiger partial charge in [-0.15, -0.1) is 0 Å². The number of nitrogens with zero attached hydrogens (tertiary/aromatic N) is 1. The minimum Gasteiger partial charge on any atom is -0.338 e. The molecule has 0 N–H and O–H groups in total. The van der Waals surface area contributed by atoms with Crippen molar-refractivity contribution in [3.63, 3.8) is 0 Å². The van der Waals surface area contributed by atoms with Crippen LogP contribution in [-0.4, -0.2) is 6.04 Å². The first-order valence-corrected chi connectivity index (χ1v) is 21.6. The Hall–Kier alpha value is -4.10. The van der Waals surface area contributed by atoms with E-state index in [1.165, 1.54) is 60.2 Å². The molecule has 0 aromatic heterocycles. The van der Waals surface area contributed by atoms with E-state index in [9.17, 15) is 0 Å². The minimum absolute atomic E-state index is 0.0510. The van der Waals surface area contributed by atoms with Gasteiger partial charge in [0.2, 0.25) is 0 Å². The van der Waals surface area contributed by atoms with Crippen molar-refractivity contribution in [2.45, 2.75) is 90.0 Å². The second-order valence-electron chi connectivity index (χ2n) is 19.0. The van der Waals surface area contributed by atoms with E-state index in [0.717, 1.165) is 18.8 Å². The number of benzene rings is 2. The molecule has 54 heavy (non-hydrogen) atoms. The molecule has 2 aromatic carbocycles. The average molecular weight is 708 g/mol. The van der Waals surface area contributed by atoms with Crippen LogP contribution in [0.2, 0.25) is 0 Å². The van der Waals surface area contributed by atoms with E-state index in [4.69, 9.17) is 0 Å². The van der Waals surface area contributed by atoms with Crippen molar-refractivity contribution in [2.75, 3.05) is 4.90 Å². The summed E-state index contributed by atoms with van der Waals surface area (Å²) in [6.07, 6.45) is 41.2. The van der Waals surface area contributed by atoms with Crippen LogP contribution in [0.15, 0.2) is 150 Å². The van der Waals surface area contributed by atoms with Crippen LogP contribution in [0.1, 0.15) is 95.2 Å². The Morgan fingerprint density at radius 2 is 1.61 bits per heavy atom. The normalized spacial score (nSPS) is 38.7. The maximum Gasteiger partial charge on any atom is 0.0442 e. The van der Waals surface area contributed by atoms with Crippen molar-refractivity contribution < 1.29 is 0 Å². The molecule has 0 bridgehead atoms. The third-order valence-electron chi connectivity index (χ3n) is 16.6. The van der Waals surface area contributed by atoms with Crippen molar-refractivity contribution in [3.8, 4) is 0 Å². The first kappa shape index (κ1) is 33.3. The van der Waals surface area contributed by atoms with Crippen molar-refractivity contribution in [3.05, 3.63) is 167 Å². The molecule has 0 radical (unpaired) electrons. The fourth-order valence-electron chi connectivity index (χ4n) is 14.6. The van der Waals surface area contributed by atoms with Gasteiger partial charge in [0.05, 0.1) is 0 Å². The first-order chi connectivity index (χ1) is 26.4. The molecule has 274 valence electrons. The van der Waals surface area contributed by atoms with E-state index in [1.807, 2.05) is 0 Å². The zero-order valence-electron chi connectivity index (χ0n) is 32.8. The molecule has 2 aromatic rings. The second-order valence-corrected chi connectivity index (χ2v) is 19.0. The Balaban J connectivity index is 1.06. The zero-order valence-corrected chi connectivity index (χ0v) is 32.8. The van der Waals surface area contributed by atoms with Crippen LogP contribution in [0, 0.1) is 52.8 Å². The lowest BCUT2D eigenvalue weighted by Crippen LogP contribution is -2.44. The van der Waals surface area contributed by atoms with E-state index in [-0.39, 0.29) is 10.8 Å². The highest BCUT2D eigenvalue weighted by atomic mass is 15.2. The topological polar surface area (TPSA) is 3.24 Å². The van der Waals surface area contributed by atoms with Crippen LogP contribution in [-0.2, 0) is 5.41 Å². The summed E-state index contributed by atoms with van der Waals surface area (Å²) in [6.45, 7) is 10.1. The van der Waals surface area contributed by atoms with Gasteiger partial charge in [-0.2, -0.15) is 0 Å². The van der Waals surface area contributed by atoms with Gasteiger partial charge in [-0.1, -0.05) is 147 Å². The Kier molecular flexibility index (Phi) is 7.51. The molecule has 11 atom stereocenters. The molecule has 1 saturated carbocycles. The van der Waals surface area contributed by atoms with E-state index in [2.05, 4.69) is 160 Å². The summed E-state index contributed by atoms with van der Waals surface area (Å²) >= 11 is 0. The highest BCUT2D eigenvalue weighted by molar-refractivity contribution is 5.71. The van der Waals surface area contributed by atoms with Gasteiger partial charge in [0.15, 0.2) is 0 Å². The van der Waals surface area contributed by atoms with Gasteiger partial charge >= 0.3 is 0 Å². The maximum atomic E-state index is 2.85. The molecular weight excluding hydrogens is 651 g/mol. The van der Waals surface area contributed by atoms with Gasteiger partial charge in [0.25, 0.3) is 0 Å². The predicted octanol–water partition coefficient (Wildman–Crippen LogP) is 13.0. The lowest BCUT2D eigenvalue weighted by molar-refractivity contribution is 0.210. The van der Waals surface area contributed by atoms with Crippen molar-refractivity contribution in [2.24, 2.45) is 52.8 Å². The standard InChI is InChI=1S/C53H57N/c1-33-15-14-24-47-50(33)42-20-10-13-23-46(42)53(47)45-22-12-9-18-39(45)41-30-29-38(31-48(41)53)54(37-27-25-36(26-28-37)35-16-6-5-7-17-35)49-32-43-40-19-8-11-21-44(40)52(3,4)51(43)34(49)2/h5-6,8,10,12-16,19-20,22-31,34,39-41,44-45,47-50H,7,9,11,17-18,21,32H2,1-4H3. The number of hydrogen-bond donors (Lipinski definition) is 0. The molecule has 0 heterocycles. The molecule has 11 rings (SSSR count). The third kappa shape index (κ3) is 4.45. The van der Waals surface area contributed by atoms with Gasteiger partial charge in [0.1, 0.15) is 0 Å². The molecule has 0 aliphatic heterocycles. The summed E-state index contributed by atoms with van der Waals surface area (Å²) in [5.41, 5.74) is 14.2. The van der Waals surface area contributed by atoms with Crippen LogP contribution < -0.4 is 4.90 Å². The fraction of sp³-hybridized carbons (Fsp3) is 0.434. The summed E-state index contributed by atoms with van der Waals surface area (Å²) in [7, 11) is 0. The Morgan fingerprint density at radius 3 is 2.46 bits per heavy atom. The Labute approximate surface area is 324 Å². The fourth-order valence-corrected chi connectivity index (χ4v) is 14.6. The van der Waals surface area contributed by atoms with Gasteiger partial charge in [-0.05, 0) is 139 Å². The Morgan fingerprint density at radius 1 is 0.778 bits per heavy atom. The minimum atomic E-state index is 0.0510. The van der Waals surface area contributed by atoms with Gasteiger partial charge in [0, 0.05) is 34.7 Å². The number of anilines is 1. The highest BCUT2D eigenvalue weighted by Gasteiger charge is 2.67. The summed E-state index contributed by atoms with van der Waals surface area (Å²) in [4.78, 5) is 2.85. The number of hydrogen-bond acceptors (Lipinski definition) is 1. The van der Waals surface area contributed by atoms with Crippen molar-refractivity contribution in [1.82, 2.24) is 0 Å². The van der Waals surface area contributed by atoms with E-state index < -0.39 is 0 Å².